The Hall–Kier alpha value is -6.43. The summed E-state index contributed by atoms with van der Waals surface area (Å²) in [5.74, 6) is -0.646. The maximum atomic E-state index is 13.6. The summed E-state index contributed by atoms with van der Waals surface area (Å²) in [6.45, 7) is 2.74. The molecule has 6 rings (SSSR count). The molecule has 5 amide bonds. The molecule has 1 saturated heterocycles. The lowest BCUT2D eigenvalue weighted by atomic mass is 10.0. The highest BCUT2D eigenvalue weighted by Crippen LogP contribution is 2.31. The molecule has 1 aliphatic rings. The standard InChI is InChI=1S/C41H41N5O7/c1-2-21-45(37(48)23-27-10-5-3-6-11-27)26-36(47)42-31-17-15-28(16-18-31)35-25-30-24-32(19-20-34(30)53-35)43-39(49)33-14-9-22-46(33)40(50)38(44-41(51)52)29-12-7-4-8-13-29/h3-8,10-13,15-20,24-25,33,38,44H,2,9,14,21-23,26H2,1H3,(H,42,47)(H,43,49)(H,51,52)/t33-,38+/m0/s1. The summed E-state index contributed by atoms with van der Waals surface area (Å²) in [7, 11) is 0. The number of nitrogens with one attached hydrogen (secondary N) is 3. The highest BCUT2D eigenvalue weighted by Gasteiger charge is 2.38. The van der Waals surface area contributed by atoms with Gasteiger partial charge < -0.3 is 35.3 Å². The third-order valence-electron chi connectivity index (χ3n) is 9.10. The molecule has 1 aromatic heterocycles. The van der Waals surface area contributed by atoms with Crippen LogP contribution in [0, 0.1) is 0 Å². The number of carbonyl (C=O) groups excluding carboxylic acids is 4. The molecule has 12 heteroatoms. The molecule has 53 heavy (non-hydrogen) atoms. The smallest absolute Gasteiger partial charge is 0.405 e. The average Bonchev–Trinajstić information content (AvgIpc) is 3.82. The van der Waals surface area contributed by atoms with Gasteiger partial charge in [0.25, 0.3) is 5.91 Å². The topological polar surface area (TPSA) is 161 Å². The second-order valence-corrected chi connectivity index (χ2v) is 12.9. The molecule has 0 radical (unpaired) electrons. The third-order valence-corrected chi connectivity index (χ3v) is 9.10. The summed E-state index contributed by atoms with van der Waals surface area (Å²) in [5, 5.41) is 18.3. The van der Waals surface area contributed by atoms with E-state index >= 15 is 0 Å². The average molecular weight is 716 g/mol. The van der Waals surface area contributed by atoms with E-state index in [2.05, 4.69) is 16.0 Å². The lowest BCUT2D eigenvalue weighted by molar-refractivity contribution is -0.138. The van der Waals surface area contributed by atoms with Gasteiger partial charge in [0.1, 0.15) is 23.4 Å². The number of fused-ring (bicyclic) bond motifs is 1. The van der Waals surface area contributed by atoms with E-state index in [-0.39, 0.29) is 30.7 Å². The summed E-state index contributed by atoms with van der Waals surface area (Å²) in [4.78, 5) is 67.4. The van der Waals surface area contributed by atoms with Crippen molar-refractivity contribution < 1.29 is 33.5 Å². The van der Waals surface area contributed by atoms with Gasteiger partial charge >= 0.3 is 6.09 Å². The number of carboxylic acid groups (broad SMARTS) is 1. The lowest BCUT2D eigenvalue weighted by Gasteiger charge is -2.28. The lowest BCUT2D eigenvalue weighted by Crippen LogP contribution is -2.48. The molecule has 2 heterocycles. The maximum Gasteiger partial charge on any atom is 0.405 e. The van der Waals surface area contributed by atoms with Crippen LogP contribution in [-0.4, -0.2) is 70.3 Å². The molecule has 0 aliphatic carbocycles. The van der Waals surface area contributed by atoms with Gasteiger partial charge in [0.2, 0.25) is 17.7 Å². The minimum Gasteiger partial charge on any atom is -0.465 e. The summed E-state index contributed by atoms with van der Waals surface area (Å²) >= 11 is 0. The molecule has 0 saturated carbocycles. The van der Waals surface area contributed by atoms with Crippen molar-refractivity contribution in [1.82, 2.24) is 15.1 Å². The van der Waals surface area contributed by atoms with Crippen molar-refractivity contribution >= 4 is 52.1 Å². The number of furan rings is 1. The third kappa shape index (κ3) is 9.09. The number of benzene rings is 4. The van der Waals surface area contributed by atoms with Gasteiger partial charge in [-0.25, -0.2) is 4.79 Å². The highest BCUT2D eigenvalue weighted by atomic mass is 16.4. The van der Waals surface area contributed by atoms with Gasteiger partial charge in [0.05, 0.1) is 13.0 Å². The first-order chi connectivity index (χ1) is 25.7. The summed E-state index contributed by atoms with van der Waals surface area (Å²) < 4.78 is 6.09. The van der Waals surface area contributed by atoms with E-state index in [0.717, 1.165) is 22.9 Å². The summed E-state index contributed by atoms with van der Waals surface area (Å²) in [5.41, 5.74) is 3.88. The molecular weight excluding hydrogens is 674 g/mol. The first-order valence-corrected chi connectivity index (χ1v) is 17.6. The van der Waals surface area contributed by atoms with Crippen molar-refractivity contribution in [3.05, 3.63) is 120 Å². The van der Waals surface area contributed by atoms with Crippen LogP contribution < -0.4 is 16.0 Å². The normalized spacial score (nSPS) is 14.4. The van der Waals surface area contributed by atoms with Crippen molar-refractivity contribution in [1.29, 1.82) is 0 Å². The zero-order chi connectivity index (χ0) is 37.3. The van der Waals surface area contributed by atoms with Gasteiger partial charge in [-0.3, -0.25) is 19.2 Å². The predicted molar refractivity (Wildman–Crippen MR) is 201 cm³/mol. The van der Waals surface area contributed by atoms with Gasteiger partial charge in [-0.2, -0.15) is 0 Å². The van der Waals surface area contributed by atoms with Crippen molar-refractivity contribution in [2.24, 2.45) is 0 Å². The fourth-order valence-corrected chi connectivity index (χ4v) is 6.55. The van der Waals surface area contributed by atoms with Gasteiger partial charge in [-0.1, -0.05) is 67.6 Å². The Labute approximate surface area is 306 Å². The van der Waals surface area contributed by atoms with E-state index in [1.807, 2.05) is 55.5 Å². The van der Waals surface area contributed by atoms with Crippen LogP contribution in [0.4, 0.5) is 16.2 Å². The zero-order valence-electron chi connectivity index (χ0n) is 29.3. The van der Waals surface area contributed by atoms with Crippen molar-refractivity contribution in [3.8, 4) is 11.3 Å². The van der Waals surface area contributed by atoms with Crippen LogP contribution in [-0.2, 0) is 25.6 Å². The molecule has 1 fully saturated rings. The number of likely N-dealkylation sites (tertiary alicyclic amines) is 1. The summed E-state index contributed by atoms with van der Waals surface area (Å²) in [6, 6.07) is 30.4. The Balaban J connectivity index is 1.07. The first kappa shape index (κ1) is 36.4. The first-order valence-electron chi connectivity index (χ1n) is 17.6. The van der Waals surface area contributed by atoms with Gasteiger partial charge in [-0.15, -0.1) is 0 Å². The largest absolute Gasteiger partial charge is 0.465 e. The second-order valence-electron chi connectivity index (χ2n) is 12.9. The number of rotatable bonds is 13. The zero-order valence-corrected chi connectivity index (χ0v) is 29.3. The molecule has 12 nitrogen and oxygen atoms in total. The molecule has 272 valence electrons. The number of nitrogens with zero attached hydrogens (tertiary/aromatic N) is 2. The minimum absolute atomic E-state index is 0.0467. The molecule has 2 atom stereocenters. The van der Waals surface area contributed by atoms with Crippen LogP contribution >= 0.6 is 0 Å². The molecule has 1 aliphatic heterocycles. The summed E-state index contributed by atoms with van der Waals surface area (Å²) in [6.07, 6.45) is 0.692. The fraction of sp³-hybridized carbons (Fsp3) is 0.244. The van der Waals surface area contributed by atoms with Gasteiger partial charge in [0, 0.05) is 35.4 Å². The van der Waals surface area contributed by atoms with Crippen molar-refractivity contribution in [2.45, 2.75) is 44.7 Å². The molecule has 4 aromatic carbocycles. The molecule has 5 aromatic rings. The van der Waals surface area contributed by atoms with E-state index in [4.69, 9.17) is 4.42 Å². The number of hydrogen-bond donors (Lipinski definition) is 4. The van der Waals surface area contributed by atoms with Crippen molar-refractivity contribution in [2.75, 3.05) is 30.3 Å². The number of amides is 5. The number of hydrogen-bond acceptors (Lipinski definition) is 6. The molecule has 0 spiro atoms. The van der Waals surface area contributed by atoms with E-state index < -0.39 is 24.1 Å². The van der Waals surface area contributed by atoms with Crippen LogP contribution in [0.1, 0.15) is 43.4 Å². The van der Waals surface area contributed by atoms with E-state index in [1.54, 1.807) is 65.6 Å². The maximum absolute atomic E-state index is 13.6. The second kappa shape index (κ2) is 16.7. The minimum atomic E-state index is -1.33. The quantitative estimate of drug-likeness (QED) is 0.109. The van der Waals surface area contributed by atoms with Crippen molar-refractivity contribution in [3.63, 3.8) is 0 Å². The number of carbonyl (C=O) groups is 5. The van der Waals surface area contributed by atoms with E-state index in [9.17, 15) is 29.1 Å². The number of anilines is 2. The Bertz CT molecular complexity index is 2080. The van der Waals surface area contributed by atoms with Gasteiger partial charge in [0.15, 0.2) is 0 Å². The predicted octanol–water partition coefficient (Wildman–Crippen LogP) is 6.46. The van der Waals surface area contributed by atoms with E-state index in [1.165, 1.54) is 4.90 Å². The van der Waals surface area contributed by atoms with Crippen LogP contribution in [0.25, 0.3) is 22.3 Å². The Morgan fingerprint density at radius 3 is 2.26 bits per heavy atom. The van der Waals surface area contributed by atoms with Crippen LogP contribution in [0.5, 0.6) is 0 Å². The van der Waals surface area contributed by atoms with Gasteiger partial charge in [-0.05, 0) is 78.9 Å². The fourth-order valence-electron chi connectivity index (χ4n) is 6.55. The Morgan fingerprint density at radius 2 is 1.57 bits per heavy atom. The van der Waals surface area contributed by atoms with Crippen LogP contribution in [0.2, 0.25) is 0 Å². The highest BCUT2D eigenvalue weighted by molar-refractivity contribution is 6.00. The Kier molecular flexibility index (Phi) is 11.5. The molecule has 0 unspecified atom stereocenters. The van der Waals surface area contributed by atoms with E-state index in [0.29, 0.717) is 54.2 Å². The Morgan fingerprint density at radius 1 is 0.868 bits per heavy atom. The molecule has 0 bridgehead atoms. The van der Waals surface area contributed by atoms with Crippen LogP contribution in [0.15, 0.2) is 114 Å². The SMILES string of the molecule is CCCN(CC(=O)Nc1ccc(-c2cc3cc(NC(=O)[C@@H]4CCCN4C(=O)[C@H](NC(=O)O)c4ccccc4)ccc3o2)cc1)C(=O)Cc1ccccc1. The monoisotopic (exact) mass is 715 g/mol. The van der Waals surface area contributed by atoms with Crippen LogP contribution in [0.3, 0.4) is 0 Å². The molecule has 4 N–H and O–H groups in total. The molecular formula is C41H41N5O7.